The van der Waals surface area contributed by atoms with Crippen LogP contribution in [0.2, 0.25) is 5.02 Å². The number of phenols is 1. The normalized spacial score (nSPS) is 10.3. The van der Waals surface area contributed by atoms with Gasteiger partial charge in [0.05, 0.1) is 5.02 Å². The van der Waals surface area contributed by atoms with E-state index >= 15 is 0 Å². The molecule has 0 spiro atoms. The highest BCUT2D eigenvalue weighted by atomic mass is 35.5. The van der Waals surface area contributed by atoms with Gasteiger partial charge in [-0.05, 0) is 43.5 Å². The van der Waals surface area contributed by atoms with Crippen LogP contribution in [0.4, 0.5) is 0 Å². The maximum absolute atomic E-state index is 9.38. The molecule has 0 aromatic heterocycles. The molecule has 0 aliphatic carbocycles. The standard InChI is InChI=1S/C17H17ClO2/c1-4-5-13-9-11(2)8-12(3)17(13)20-16-7-6-14(19)10-15(16)18/h4,6-10,19H,1,5H2,2-3H3. The van der Waals surface area contributed by atoms with Gasteiger partial charge in [0.2, 0.25) is 0 Å². The molecule has 3 heteroatoms. The first kappa shape index (κ1) is 14.5. The Morgan fingerprint density at radius 3 is 2.65 bits per heavy atom. The van der Waals surface area contributed by atoms with E-state index in [0.29, 0.717) is 10.8 Å². The Labute approximate surface area is 124 Å². The summed E-state index contributed by atoms with van der Waals surface area (Å²) in [6.07, 6.45) is 2.58. The maximum Gasteiger partial charge on any atom is 0.146 e. The van der Waals surface area contributed by atoms with Crippen LogP contribution < -0.4 is 4.74 Å². The first-order chi connectivity index (χ1) is 9.51. The van der Waals surface area contributed by atoms with Gasteiger partial charge >= 0.3 is 0 Å². The molecule has 0 unspecified atom stereocenters. The minimum absolute atomic E-state index is 0.120. The average molecular weight is 289 g/mol. The number of phenolic OH excluding ortho intramolecular Hbond substituents is 1. The zero-order valence-electron chi connectivity index (χ0n) is 11.6. The van der Waals surface area contributed by atoms with Crippen LogP contribution in [0, 0.1) is 13.8 Å². The van der Waals surface area contributed by atoms with Crippen LogP contribution >= 0.6 is 11.6 Å². The third kappa shape index (κ3) is 3.14. The van der Waals surface area contributed by atoms with Crippen molar-refractivity contribution >= 4 is 11.6 Å². The van der Waals surface area contributed by atoms with Gasteiger partial charge in [-0.2, -0.15) is 0 Å². The summed E-state index contributed by atoms with van der Waals surface area (Å²) in [7, 11) is 0. The van der Waals surface area contributed by atoms with E-state index in [2.05, 4.69) is 25.6 Å². The van der Waals surface area contributed by atoms with Gasteiger partial charge in [0, 0.05) is 6.07 Å². The summed E-state index contributed by atoms with van der Waals surface area (Å²) in [6, 6.07) is 8.83. The lowest BCUT2D eigenvalue weighted by molar-refractivity contribution is 0.461. The molecule has 0 heterocycles. The van der Waals surface area contributed by atoms with E-state index in [9.17, 15) is 5.11 Å². The number of benzene rings is 2. The largest absolute Gasteiger partial charge is 0.508 e. The molecule has 0 atom stereocenters. The second-order valence-electron chi connectivity index (χ2n) is 4.78. The van der Waals surface area contributed by atoms with Gasteiger partial charge < -0.3 is 9.84 Å². The van der Waals surface area contributed by atoms with Crippen molar-refractivity contribution in [3.63, 3.8) is 0 Å². The Kier molecular flexibility index (Phi) is 4.35. The average Bonchev–Trinajstić information content (AvgIpc) is 2.36. The predicted octanol–water partition coefficient (Wildman–Crippen LogP) is 5.18. The highest BCUT2D eigenvalue weighted by molar-refractivity contribution is 6.32. The molecular formula is C17H17ClO2. The zero-order chi connectivity index (χ0) is 14.7. The van der Waals surface area contributed by atoms with Crippen molar-refractivity contribution in [1.29, 1.82) is 0 Å². The molecule has 0 saturated carbocycles. The van der Waals surface area contributed by atoms with Gasteiger partial charge in [-0.3, -0.25) is 0 Å². The highest BCUT2D eigenvalue weighted by Crippen LogP contribution is 2.36. The van der Waals surface area contributed by atoms with Crippen LogP contribution in [0.15, 0.2) is 43.0 Å². The summed E-state index contributed by atoms with van der Waals surface area (Å²) in [5, 5.41) is 9.76. The van der Waals surface area contributed by atoms with Crippen molar-refractivity contribution in [2.45, 2.75) is 20.3 Å². The summed E-state index contributed by atoms with van der Waals surface area (Å²) in [6.45, 7) is 7.83. The molecule has 0 amide bonds. The van der Waals surface area contributed by atoms with Crippen molar-refractivity contribution in [3.05, 3.63) is 64.7 Å². The molecule has 2 aromatic carbocycles. The summed E-state index contributed by atoms with van der Waals surface area (Å²) in [5.41, 5.74) is 3.30. The number of aryl methyl sites for hydroxylation is 2. The van der Waals surface area contributed by atoms with Crippen LogP contribution in [0.5, 0.6) is 17.2 Å². The van der Waals surface area contributed by atoms with E-state index in [4.69, 9.17) is 16.3 Å². The first-order valence-electron chi connectivity index (χ1n) is 6.38. The van der Waals surface area contributed by atoms with Gasteiger partial charge in [-0.25, -0.2) is 0 Å². The maximum atomic E-state index is 9.38. The summed E-state index contributed by atoms with van der Waals surface area (Å²) >= 11 is 6.09. The molecule has 20 heavy (non-hydrogen) atoms. The number of ether oxygens (including phenoxy) is 1. The lowest BCUT2D eigenvalue weighted by atomic mass is 10.0. The Morgan fingerprint density at radius 1 is 1.25 bits per heavy atom. The Bertz CT molecular complexity index is 648. The van der Waals surface area contributed by atoms with E-state index in [1.807, 2.05) is 13.0 Å². The van der Waals surface area contributed by atoms with Crippen LogP contribution in [0.3, 0.4) is 0 Å². The van der Waals surface area contributed by atoms with Gasteiger partial charge in [0.15, 0.2) is 0 Å². The van der Waals surface area contributed by atoms with E-state index in [0.717, 1.165) is 23.3 Å². The molecule has 0 saturated heterocycles. The fraction of sp³-hybridized carbons (Fsp3) is 0.176. The van der Waals surface area contributed by atoms with Crippen LogP contribution in [0.1, 0.15) is 16.7 Å². The van der Waals surface area contributed by atoms with E-state index < -0.39 is 0 Å². The minimum atomic E-state index is 0.120. The molecule has 0 fully saturated rings. The molecular weight excluding hydrogens is 272 g/mol. The van der Waals surface area contributed by atoms with E-state index in [-0.39, 0.29) is 5.75 Å². The Balaban J connectivity index is 2.44. The molecule has 2 aromatic rings. The fourth-order valence-electron chi connectivity index (χ4n) is 2.18. The van der Waals surface area contributed by atoms with E-state index in [1.54, 1.807) is 12.1 Å². The van der Waals surface area contributed by atoms with Crippen molar-refractivity contribution in [2.24, 2.45) is 0 Å². The van der Waals surface area contributed by atoms with Gasteiger partial charge in [-0.1, -0.05) is 35.4 Å². The zero-order valence-corrected chi connectivity index (χ0v) is 12.4. The molecule has 2 rings (SSSR count). The molecule has 1 N–H and O–H groups in total. The predicted molar refractivity (Wildman–Crippen MR) is 83.0 cm³/mol. The summed E-state index contributed by atoms with van der Waals surface area (Å²) < 4.78 is 5.94. The topological polar surface area (TPSA) is 29.5 Å². The molecule has 0 aliphatic heterocycles. The Morgan fingerprint density at radius 2 is 2.00 bits per heavy atom. The van der Waals surface area contributed by atoms with Crippen molar-refractivity contribution in [1.82, 2.24) is 0 Å². The van der Waals surface area contributed by atoms with Crippen LogP contribution in [0.25, 0.3) is 0 Å². The molecule has 2 nitrogen and oxygen atoms in total. The number of hydrogen-bond acceptors (Lipinski definition) is 2. The lowest BCUT2D eigenvalue weighted by Crippen LogP contribution is -1.95. The third-order valence-electron chi connectivity index (χ3n) is 2.99. The monoisotopic (exact) mass is 288 g/mol. The molecule has 104 valence electrons. The Hall–Kier alpha value is -1.93. The number of allylic oxidation sites excluding steroid dienone is 1. The van der Waals surface area contributed by atoms with Crippen molar-refractivity contribution in [2.75, 3.05) is 0 Å². The van der Waals surface area contributed by atoms with Gasteiger partial charge in [0.25, 0.3) is 0 Å². The fourth-order valence-corrected chi connectivity index (χ4v) is 2.39. The van der Waals surface area contributed by atoms with Crippen LogP contribution in [-0.4, -0.2) is 5.11 Å². The third-order valence-corrected chi connectivity index (χ3v) is 3.28. The second-order valence-corrected chi connectivity index (χ2v) is 5.19. The number of rotatable bonds is 4. The number of aromatic hydroxyl groups is 1. The lowest BCUT2D eigenvalue weighted by Gasteiger charge is -2.15. The summed E-state index contributed by atoms with van der Waals surface area (Å²) in [4.78, 5) is 0. The van der Waals surface area contributed by atoms with Crippen molar-refractivity contribution in [3.8, 4) is 17.2 Å². The molecule has 0 bridgehead atoms. The second kappa shape index (κ2) is 6.02. The van der Waals surface area contributed by atoms with Crippen LogP contribution in [-0.2, 0) is 6.42 Å². The van der Waals surface area contributed by atoms with Gasteiger partial charge in [0.1, 0.15) is 17.2 Å². The smallest absolute Gasteiger partial charge is 0.146 e. The number of halogens is 1. The SMILES string of the molecule is C=CCc1cc(C)cc(C)c1Oc1ccc(O)cc1Cl. The minimum Gasteiger partial charge on any atom is -0.508 e. The molecule has 0 radical (unpaired) electrons. The quantitative estimate of drug-likeness (QED) is 0.785. The number of hydrogen-bond donors (Lipinski definition) is 1. The summed E-state index contributed by atoms with van der Waals surface area (Å²) in [5.74, 6) is 1.44. The van der Waals surface area contributed by atoms with Crippen molar-refractivity contribution < 1.29 is 9.84 Å². The van der Waals surface area contributed by atoms with E-state index in [1.165, 1.54) is 11.6 Å². The van der Waals surface area contributed by atoms with Gasteiger partial charge in [-0.15, -0.1) is 6.58 Å². The highest BCUT2D eigenvalue weighted by Gasteiger charge is 2.11. The first-order valence-corrected chi connectivity index (χ1v) is 6.76. The molecule has 0 aliphatic rings.